The SMILES string of the molecule is COc1ccc(OP(=O)(O)c2ccc3c(c2P(=O)(O)Oc2ccc(OC)cc2)C=Nc2ccccc2O3)cc1. The van der Waals surface area contributed by atoms with Crippen LogP contribution < -0.4 is 33.9 Å². The first kappa shape index (κ1) is 26.5. The number of rotatable bonds is 8. The summed E-state index contributed by atoms with van der Waals surface area (Å²) >= 11 is 0. The predicted molar refractivity (Wildman–Crippen MR) is 146 cm³/mol. The summed E-state index contributed by atoms with van der Waals surface area (Å²) in [6.45, 7) is 0. The van der Waals surface area contributed by atoms with Crippen LogP contribution in [0.15, 0.2) is 89.9 Å². The van der Waals surface area contributed by atoms with Gasteiger partial charge < -0.3 is 33.0 Å². The van der Waals surface area contributed by atoms with E-state index in [2.05, 4.69) is 4.99 Å². The van der Waals surface area contributed by atoms with Gasteiger partial charge in [-0.2, -0.15) is 0 Å². The monoisotopic (exact) mass is 567 g/mol. The van der Waals surface area contributed by atoms with Gasteiger partial charge in [0.15, 0.2) is 5.75 Å². The Morgan fingerprint density at radius 1 is 0.667 bits per heavy atom. The predicted octanol–water partition coefficient (Wildman–Crippen LogP) is 5.34. The second-order valence-electron chi connectivity index (χ2n) is 8.25. The molecule has 0 saturated heterocycles. The number of nitrogens with zero attached hydrogens (tertiary/aromatic N) is 1. The summed E-state index contributed by atoms with van der Waals surface area (Å²) in [6.07, 6.45) is 1.30. The van der Waals surface area contributed by atoms with Gasteiger partial charge in [0.2, 0.25) is 0 Å². The topological polar surface area (TPSA) is 133 Å². The Morgan fingerprint density at radius 3 is 1.79 bits per heavy atom. The molecule has 0 spiro atoms. The van der Waals surface area contributed by atoms with E-state index in [0.29, 0.717) is 22.9 Å². The van der Waals surface area contributed by atoms with Crippen molar-refractivity contribution in [3.8, 4) is 34.5 Å². The Morgan fingerprint density at radius 2 is 1.21 bits per heavy atom. The third kappa shape index (κ3) is 5.55. The fourth-order valence-corrected chi connectivity index (χ4v) is 7.12. The van der Waals surface area contributed by atoms with E-state index in [9.17, 15) is 18.9 Å². The zero-order valence-corrected chi connectivity index (χ0v) is 22.5. The van der Waals surface area contributed by atoms with Crippen molar-refractivity contribution in [3.05, 3.63) is 90.5 Å². The molecule has 200 valence electrons. The lowest BCUT2D eigenvalue weighted by molar-refractivity contribution is 0.386. The van der Waals surface area contributed by atoms with Crippen LogP contribution in [-0.2, 0) is 9.13 Å². The van der Waals surface area contributed by atoms with E-state index < -0.39 is 25.8 Å². The van der Waals surface area contributed by atoms with E-state index in [1.54, 1.807) is 48.5 Å². The Bertz CT molecular complexity index is 1640. The molecular weight excluding hydrogens is 544 g/mol. The van der Waals surface area contributed by atoms with Crippen molar-refractivity contribution >= 4 is 37.7 Å². The minimum atomic E-state index is -4.86. The second kappa shape index (κ2) is 10.6. The maximum absolute atomic E-state index is 13.9. The van der Waals surface area contributed by atoms with Gasteiger partial charge in [-0.15, -0.1) is 0 Å². The molecule has 2 N–H and O–H groups in total. The number of fused-ring (bicyclic) bond motifs is 2. The average molecular weight is 567 g/mol. The summed E-state index contributed by atoms with van der Waals surface area (Å²) in [5, 5.41) is -0.927. The highest BCUT2D eigenvalue weighted by atomic mass is 31.2. The molecule has 0 bridgehead atoms. The third-order valence-corrected chi connectivity index (χ3v) is 8.86. The fourth-order valence-electron chi connectivity index (χ4n) is 3.87. The summed E-state index contributed by atoms with van der Waals surface area (Å²) in [6, 6.07) is 21.5. The van der Waals surface area contributed by atoms with Gasteiger partial charge in [-0.3, -0.25) is 4.99 Å². The molecule has 1 aliphatic rings. The molecular formula is C27H23NO9P2. The molecule has 12 heteroatoms. The van der Waals surface area contributed by atoms with Crippen LogP contribution in [0.1, 0.15) is 5.56 Å². The molecule has 0 aliphatic carbocycles. The highest BCUT2D eigenvalue weighted by Crippen LogP contribution is 2.50. The van der Waals surface area contributed by atoms with Gasteiger partial charge in [0.1, 0.15) is 39.7 Å². The Balaban J connectivity index is 1.64. The molecule has 0 amide bonds. The van der Waals surface area contributed by atoms with Gasteiger partial charge in [-0.1, -0.05) is 12.1 Å². The van der Waals surface area contributed by atoms with Crippen molar-refractivity contribution in [2.75, 3.05) is 14.2 Å². The number of aliphatic imine (C=N–C) groups is 1. The average Bonchev–Trinajstić information content (AvgIpc) is 3.12. The molecule has 0 radical (unpaired) electrons. The molecule has 2 unspecified atom stereocenters. The van der Waals surface area contributed by atoms with Crippen LogP contribution in [0.2, 0.25) is 0 Å². The van der Waals surface area contributed by atoms with E-state index in [0.717, 1.165) is 0 Å². The zero-order valence-electron chi connectivity index (χ0n) is 20.8. The van der Waals surface area contributed by atoms with Gasteiger partial charge in [-0.05, 0) is 72.8 Å². The highest BCUT2D eigenvalue weighted by molar-refractivity contribution is 7.68. The van der Waals surface area contributed by atoms with E-state index in [1.807, 2.05) is 0 Å². The first-order valence-electron chi connectivity index (χ1n) is 11.5. The summed E-state index contributed by atoms with van der Waals surface area (Å²) in [7, 11) is -6.66. The van der Waals surface area contributed by atoms with Crippen molar-refractivity contribution in [1.82, 2.24) is 0 Å². The quantitative estimate of drug-likeness (QED) is 0.238. The summed E-state index contributed by atoms with van der Waals surface area (Å²) in [4.78, 5) is 26.8. The second-order valence-corrected chi connectivity index (χ2v) is 11.6. The molecule has 0 aromatic heterocycles. The molecule has 4 aromatic carbocycles. The Labute approximate surface area is 224 Å². The largest absolute Gasteiger partial charge is 0.497 e. The molecule has 5 rings (SSSR count). The van der Waals surface area contributed by atoms with Crippen molar-refractivity contribution in [2.45, 2.75) is 0 Å². The number of ether oxygens (including phenoxy) is 3. The lowest BCUT2D eigenvalue weighted by Gasteiger charge is -2.23. The fraction of sp³-hybridized carbons (Fsp3) is 0.0741. The smallest absolute Gasteiger partial charge is 0.409 e. The van der Waals surface area contributed by atoms with Crippen LogP contribution in [0.3, 0.4) is 0 Å². The van der Waals surface area contributed by atoms with Gasteiger partial charge in [-0.25, -0.2) is 9.13 Å². The molecule has 1 aliphatic heterocycles. The lowest BCUT2D eigenvalue weighted by atomic mass is 10.2. The minimum Gasteiger partial charge on any atom is -0.497 e. The van der Waals surface area contributed by atoms with Crippen LogP contribution >= 0.6 is 15.2 Å². The number of hydrogen-bond acceptors (Lipinski definition) is 8. The Hall–Kier alpha value is -4.07. The first-order chi connectivity index (χ1) is 18.7. The van der Waals surface area contributed by atoms with Crippen molar-refractivity contribution in [1.29, 1.82) is 0 Å². The number of hydrogen-bond donors (Lipinski definition) is 2. The summed E-state index contributed by atoms with van der Waals surface area (Å²) < 4.78 is 54.7. The van der Waals surface area contributed by atoms with Crippen LogP contribution in [-0.4, -0.2) is 30.2 Å². The number of para-hydroxylation sites is 2. The van der Waals surface area contributed by atoms with Crippen LogP contribution in [0, 0.1) is 0 Å². The van der Waals surface area contributed by atoms with Gasteiger partial charge >= 0.3 is 15.2 Å². The van der Waals surface area contributed by atoms with Gasteiger partial charge in [0.25, 0.3) is 0 Å². The molecule has 4 aromatic rings. The Kier molecular flexibility index (Phi) is 7.21. The first-order valence-corrected chi connectivity index (χ1v) is 14.7. The number of benzene rings is 4. The van der Waals surface area contributed by atoms with Crippen LogP contribution in [0.5, 0.6) is 34.5 Å². The zero-order chi connectivity index (χ0) is 27.6. The van der Waals surface area contributed by atoms with Crippen LogP contribution in [0.25, 0.3) is 0 Å². The molecule has 10 nitrogen and oxygen atoms in total. The van der Waals surface area contributed by atoms with E-state index in [4.69, 9.17) is 23.3 Å². The van der Waals surface area contributed by atoms with Crippen LogP contribution in [0.4, 0.5) is 5.69 Å². The highest BCUT2D eigenvalue weighted by Gasteiger charge is 2.41. The number of methoxy groups -OCH3 is 2. The maximum atomic E-state index is 13.9. The third-order valence-electron chi connectivity index (χ3n) is 5.74. The van der Waals surface area contributed by atoms with Gasteiger partial charge in [0, 0.05) is 6.21 Å². The molecule has 0 fully saturated rings. The summed E-state index contributed by atoms with van der Waals surface area (Å²) in [5.41, 5.74) is 0.461. The standard InChI is InChI=1S/C27H23NO9P2/c1-33-18-7-11-20(12-8-18)36-38(29,30)26-16-15-24-22(17-28-23-5-3-4-6-25(23)35-24)27(26)39(31,32)37-21-13-9-19(34-2)10-14-21/h3-17H,1-2H3,(H,29,30)(H,31,32). The van der Waals surface area contributed by atoms with E-state index >= 15 is 0 Å². The minimum absolute atomic E-state index is 0.00403. The van der Waals surface area contributed by atoms with E-state index in [1.165, 1.54) is 56.8 Å². The van der Waals surface area contributed by atoms with Crippen molar-refractivity contribution in [3.63, 3.8) is 0 Å². The van der Waals surface area contributed by atoms with Gasteiger partial charge in [0.05, 0.1) is 25.1 Å². The maximum Gasteiger partial charge on any atom is 0.409 e. The van der Waals surface area contributed by atoms with E-state index in [-0.39, 0.29) is 22.8 Å². The molecule has 39 heavy (non-hydrogen) atoms. The van der Waals surface area contributed by atoms with Crippen molar-refractivity contribution in [2.24, 2.45) is 4.99 Å². The normalized spacial score (nSPS) is 14.9. The molecule has 1 heterocycles. The molecule has 0 saturated carbocycles. The summed E-state index contributed by atoms with van der Waals surface area (Å²) in [5.74, 6) is 1.64. The lowest BCUT2D eigenvalue weighted by Crippen LogP contribution is -2.32. The van der Waals surface area contributed by atoms with Crippen molar-refractivity contribution < 1.29 is 42.2 Å². The molecule has 2 atom stereocenters.